The third-order valence-electron chi connectivity index (χ3n) is 2.36. The minimum Gasteiger partial charge on any atom is -0.368 e. The highest BCUT2D eigenvalue weighted by Crippen LogP contribution is 2.20. The second-order valence-corrected chi connectivity index (χ2v) is 5.80. The van der Waals surface area contributed by atoms with Crippen LogP contribution in [-0.2, 0) is 4.79 Å². The fourth-order valence-corrected chi connectivity index (χ4v) is 2.40. The zero-order valence-electron chi connectivity index (χ0n) is 9.66. The van der Waals surface area contributed by atoms with Crippen LogP contribution < -0.4 is 11.1 Å². The Balaban J connectivity index is 2.10. The molecule has 0 radical (unpaired) electrons. The number of primary amides is 1. The zero-order chi connectivity index (χ0) is 11.3. The molecule has 0 aromatic carbocycles. The van der Waals surface area contributed by atoms with Gasteiger partial charge in [-0.1, -0.05) is 13.8 Å². The van der Waals surface area contributed by atoms with Crippen LogP contribution in [0.3, 0.4) is 0 Å². The minimum absolute atomic E-state index is 0.114. The van der Waals surface area contributed by atoms with Crippen molar-refractivity contribution in [3.63, 3.8) is 0 Å². The lowest BCUT2D eigenvalue weighted by molar-refractivity contribution is -0.120. The van der Waals surface area contributed by atoms with Crippen LogP contribution >= 0.6 is 11.8 Å². The molecule has 3 N–H and O–H groups in total. The molecule has 0 saturated heterocycles. The second kappa shape index (κ2) is 6.38. The third kappa shape index (κ3) is 6.05. The highest BCUT2D eigenvalue weighted by atomic mass is 32.2. The van der Waals surface area contributed by atoms with Crippen LogP contribution in [0.2, 0.25) is 0 Å². The van der Waals surface area contributed by atoms with Gasteiger partial charge in [0, 0.05) is 6.04 Å². The number of thioether (sulfide) groups is 1. The summed E-state index contributed by atoms with van der Waals surface area (Å²) in [6.45, 7) is 4.42. The van der Waals surface area contributed by atoms with Crippen LogP contribution in [0.5, 0.6) is 0 Å². The maximum absolute atomic E-state index is 11.1. The number of nitrogens with two attached hydrogens (primary N) is 1. The van der Waals surface area contributed by atoms with Gasteiger partial charge in [-0.3, -0.25) is 4.79 Å². The van der Waals surface area contributed by atoms with Crippen molar-refractivity contribution in [2.45, 2.75) is 45.2 Å². The number of carbonyl (C=O) groups is 1. The lowest BCUT2D eigenvalue weighted by Gasteiger charge is -2.14. The fourth-order valence-electron chi connectivity index (χ4n) is 1.36. The first-order chi connectivity index (χ1) is 7.09. The highest BCUT2D eigenvalue weighted by molar-refractivity contribution is 7.99. The Kier molecular flexibility index (Phi) is 5.47. The predicted molar refractivity (Wildman–Crippen MR) is 65.9 cm³/mol. The molecule has 0 spiro atoms. The van der Waals surface area contributed by atoms with Gasteiger partial charge in [0.1, 0.15) is 0 Å². The lowest BCUT2D eigenvalue weighted by atomic mass is 10.2. The van der Waals surface area contributed by atoms with Gasteiger partial charge in [0.2, 0.25) is 5.91 Å². The summed E-state index contributed by atoms with van der Waals surface area (Å²) in [7, 11) is 0. The van der Waals surface area contributed by atoms with E-state index in [9.17, 15) is 4.79 Å². The molecule has 15 heavy (non-hydrogen) atoms. The van der Waals surface area contributed by atoms with Gasteiger partial charge in [0.25, 0.3) is 0 Å². The van der Waals surface area contributed by atoms with E-state index in [0.717, 1.165) is 23.8 Å². The number of hydrogen-bond donors (Lipinski definition) is 2. The van der Waals surface area contributed by atoms with Crippen LogP contribution in [0.15, 0.2) is 0 Å². The predicted octanol–water partition coefficient (Wildman–Crippen LogP) is 1.37. The molecule has 1 saturated carbocycles. The molecule has 0 aromatic rings. The molecule has 0 aromatic heterocycles. The molecule has 1 aliphatic rings. The molecule has 0 aliphatic heterocycles. The van der Waals surface area contributed by atoms with Crippen molar-refractivity contribution in [3.05, 3.63) is 0 Å². The average molecular weight is 230 g/mol. The van der Waals surface area contributed by atoms with Crippen molar-refractivity contribution in [1.82, 2.24) is 5.32 Å². The molecular weight excluding hydrogens is 208 g/mol. The molecule has 0 heterocycles. The SMILES string of the molecule is CC(C)CSCCC(NC1CC1)C(N)=O. The Morgan fingerprint density at radius 2 is 2.20 bits per heavy atom. The smallest absolute Gasteiger partial charge is 0.234 e. The second-order valence-electron chi connectivity index (χ2n) is 4.65. The van der Waals surface area contributed by atoms with Gasteiger partial charge in [0.05, 0.1) is 6.04 Å². The van der Waals surface area contributed by atoms with Gasteiger partial charge in [0.15, 0.2) is 0 Å². The first-order valence-corrected chi connectivity index (χ1v) is 6.88. The van der Waals surface area contributed by atoms with E-state index >= 15 is 0 Å². The Bertz CT molecular complexity index is 205. The number of amides is 1. The summed E-state index contributed by atoms with van der Waals surface area (Å²) in [4.78, 5) is 11.1. The van der Waals surface area contributed by atoms with Crippen molar-refractivity contribution in [2.24, 2.45) is 11.7 Å². The highest BCUT2D eigenvalue weighted by Gasteiger charge is 2.26. The summed E-state index contributed by atoms with van der Waals surface area (Å²) >= 11 is 1.91. The van der Waals surface area contributed by atoms with Gasteiger partial charge in [-0.05, 0) is 36.7 Å². The summed E-state index contributed by atoms with van der Waals surface area (Å²) in [6.07, 6.45) is 3.26. The number of hydrogen-bond acceptors (Lipinski definition) is 3. The number of carbonyl (C=O) groups excluding carboxylic acids is 1. The summed E-state index contributed by atoms with van der Waals surface area (Å²) in [5.41, 5.74) is 5.34. The van der Waals surface area contributed by atoms with Crippen molar-refractivity contribution < 1.29 is 4.79 Å². The topological polar surface area (TPSA) is 55.1 Å². The molecule has 1 unspecified atom stereocenters. The van der Waals surface area contributed by atoms with Crippen LogP contribution in [-0.4, -0.2) is 29.5 Å². The van der Waals surface area contributed by atoms with Crippen molar-refractivity contribution >= 4 is 17.7 Å². The van der Waals surface area contributed by atoms with Crippen LogP contribution in [0.1, 0.15) is 33.1 Å². The Labute approximate surface area is 96.6 Å². The van der Waals surface area contributed by atoms with E-state index < -0.39 is 0 Å². The minimum atomic E-state index is -0.202. The maximum atomic E-state index is 11.1. The van der Waals surface area contributed by atoms with Gasteiger partial charge >= 0.3 is 0 Å². The summed E-state index contributed by atoms with van der Waals surface area (Å²) in [6, 6.07) is 0.440. The van der Waals surface area contributed by atoms with E-state index in [0.29, 0.717) is 6.04 Å². The van der Waals surface area contributed by atoms with Gasteiger partial charge in [-0.25, -0.2) is 0 Å². The Hall–Kier alpha value is -0.220. The average Bonchev–Trinajstić information content (AvgIpc) is 2.93. The van der Waals surface area contributed by atoms with Crippen LogP contribution in [0, 0.1) is 5.92 Å². The number of rotatable bonds is 8. The molecular formula is C11H22N2OS. The van der Waals surface area contributed by atoms with Crippen molar-refractivity contribution in [2.75, 3.05) is 11.5 Å². The molecule has 1 rings (SSSR count). The fraction of sp³-hybridized carbons (Fsp3) is 0.909. The van der Waals surface area contributed by atoms with Gasteiger partial charge < -0.3 is 11.1 Å². The lowest BCUT2D eigenvalue weighted by Crippen LogP contribution is -2.42. The largest absolute Gasteiger partial charge is 0.368 e. The molecule has 3 nitrogen and oxygen atoms in total. The number of nitrogens with one attached hydrogen (secondary N) is 1. The molecule has 1 aliphatic carbocycles. The molecule has 1 amide bonds. The molecule has 1 fully saturated rings. The van der Waals surface area contributed by atoms with Crippen molar-refractivity contribution in [1.29, 1.82) is 0 Å². The van der Waals surface area contributed by atoms with E-state index in [1.54, 1.807) is 0 Å². The monoisotopic (exact) mass is 230 g/mol. The molecule has 88 valence electrons. The normalized spacial score (nSPS) is 18.1. The van der Waals surface area contributed by atoms with E-state index in [1.807, 2.05) is 11.8 Å². The molecule has 0 bridgehead atoms. The van der Waals surface area contributed by atoms with Gasteiger partial charge in [-0.15, -0.1) is 0 Å². The Morgan fingerprint density at radius 1 is 1.53 bits per heavy atom. The van der Waals surface area contributed by atoms with Crippen molar-refractivity contribution in [3.8, 4) is 0 Å². The first-order valence-electron chi connectivity index (χ1n) is 5.72. The third-order valence-corrected chi connectivity index (χ3v) is 3.79. The summed E-state index contributed by atoms with van der Waals surface area (Å²) < 4.78 is 0. The summed E-state index contributed by atoms with van der Waals surface area (Å²) in [5.74, 6) is 2.70. The quantitative estimate of drug-likeness (QED) is 0.619. The zero-order valence-corrected chi connectivity index (χ0v) is 10.5. The van der Waals surface area contributed by atoms with E-state index in [1.165, 1.54) is 12.8 Å². The molecule has 4 heteroatoms. The Morgan fingerprint density at radius 3 is 2.67 bits per heavy atom. The van der Waals surface area contributed by atoms with Crippen LogP contribution in [0.4, 0.5) is 0 Å². The van der Waals surface area contributed by atoms with Gasteiger partial charge in [-0.2, -0.15) is 11.8 Å². The van der Waals surface area contributed by atoms with Crippen LogP contribution in [0.25, 0.3) is 0 Å². The van der Waals surface area contributed by atoms with E-state index in [2.05, 4.69) is 19.2 Å². The summed E-state index contributed by atoms with van der Waals surface area (Å²) in [5, 5.41) is 3.29. The maximum Gasteiger partial charge on any atom is 0.234 e. The van der Waals surface area contributed by atoms with E-state index in [-0.39, 0.29) is 11.9 Å². The van der Waals surface area contributed by atoms with E-state index in [4.69, 9.17) is 5.73 Å². The first kappa shape index (κ1) is 12.8. The standard InChI is InChI=1S/C11H22N2OS/c1-8(2)7-15-6-5-10(11(12)14)13-9-3-4-9/h8-10,13H,3-7H2,1-2H3,(H2,12,14). The molecule has 1 atom stereocenters.